The summed E-state index contributed by atoms with van der Waals surface area (Å²) in [5.41, 5.74) is 3.91. The van der Waals surface area contributed by atoms with E-state index in [0.29, 0.717) is 42.2 Å². The topological polar surface area (TPSA) is 110 Å². The second-order valence-corrected chi connectivity index (χ2v) is 7.00. The Kier molecular flexibility index (Phi) is 15.1. The number of aliphatic hydroxyl groups is 1. The van der Waals surface area contributed by atoms with Gasteiger partial charge >= 0.3 is 0 Å². The van der Waals surface area contributed by atoms with Crippen molar-refractivity contribution in [3.8, 4) is 17.4 Å². The number of aromatic nitrogens is 2. The highest BCUT2D eigenvalue weighted by molar-refractivity contribution is 5.85. The molecule has 0 amide bonds. The van der Waals surface area contributed by atoms with E-state index >= 15 is 0 Å². The molecule has 0 radical (unpaired) electrons. The molecule has 32 heavy (non-hydrogen) atoms. The van der Waals surface area contributed by atoms with Crippen molar-refractivity contribution in [1.82, 2.24) is 15.5 Å². The second kappa shape index (κ2) is 16.3. The van der Waals surface area contributed by atoms with Crippen LogP contribution >= 0.6 is 24.8 Å². The van der Waals surface area contributed by atoms with Crippen LogP contribution in [0.3, 0.4) is 0 Å². The summed E-state index contributed by atoms with van der Waals surface area (Å²) in [5.74, 6) is 2.63. The molecular formula is C21H33Cl2N5O4. The fourth-order valence-corrected chi connectivity index (χ4v) is 2.49. The zero-order chi connectivity index (χ0) is 21.8. The van der Waals surface area contributed by atoms with Gasteiger partial charge in [-0.1, -0.05) is 19.9 Å². The second-order valence-electron chi connectivity index (χ2n) is 7.00. The van der Waals surface area contributed by atoms with Crippen LogP contribution in [0.1, 0.15) is 19.4 Å². The Hall–Kier alpha value is -2.33. The molecule has 11 heteroatoms. The van der Waals surface area contributed by atoms with E-state index in [9.17, 15) is 5.11 Å². The number of hydrogen-bond donors (Lipinski definition) is 3. The number of rotatable bonds is 13. The zero-order valence-electron chi connectivity index (χ0n) is 18.8. The lowest BCUT2D eigenvalue weighted by Gasteiger charge is -2.13. The van der Waals surface area contributed by atoms with E-state index in [1.807, 2.05) is 32.0 Å². The van der Waals surface area contributed by atoms with Gasteiger partial charge in [-0.15, -0.1) is 35.0 Å². The van der Waals surface area contributed by atoms with Gasteiger partial charge in [0.05, 0.1) is 14.2 Å². The van der Waals surface area contributed by atoms with Crippen LogP contribution in [0.25, 0.3) is 0 Å². The van der Waals surface area contributed by atoms with Crippen LogP contribution in [0, 0.1) is 5.92 Å². The molecule has 1 aromatic carbocycles. The van der Waals surface area contributed by atoms with Crippen LogP contribution in [0.4, 0.5) is 5.82 Å². The first-order chi connectivity index (χ1) is 14.5. The van der Waals surface area contributed by atoms with Crippen molar-refractivity contribution in [1.29, 1.82) is 0 Å². The van der Waals surface area contributed by atoms with E-state index < -0.39 is 6.10 Å². The van der Waals surface area contributed by atoms with Crippen LogP contribution in [0.15, 0.2) is 35.4 Å². The maximum atomic E-state index is 10.1. The number of nitrogens with one attached hydrogen (secondary N) is 2. The highest BCUT2D eigenvalue weighted by atomic mass is 35.5. The highest BCUT2D eigenvalue weighted by Crippen LogP contribution is 2.27. The summed E-state index contributed by atoms with van der Waals surface area (Å²) < 4.78 is 16.0. The average Bonchev–Trinajstić information content (AvgIpc) is 2.75. The lowest BCUT2D eigenvalue weighted by Crippen LogP contribution is -2.32. The van der Waals surface area contributed by atoms with Crippen LogP contribution in [-0.4, -0.2) is 61.5 Å². The van der Waals surface area contributed by atoms with Crippen molar-refractivity contribution in [2.24, 2.45) is 11.0 Å². The van der Waals surface area contributed by atoms with Crippen LogP contribution < -0.4 is 25.0 Å². The SMILES string of the molecule is COc1ccc(CCNCC(O)COc2ccc(NN=CC(C)C)nn2)cc1OC.Cl.Cl. The lowest BCUT2D eigenvalue weighted by molar-refractivity contribution is 0.103. The summed E-state index contributed by atoms with van der Waals surface area (Å²) in [6.45, 7) is 5.30. The van der Waals surface area contributed by atoms with E-state index in [4.69, 9.17) is 14.2 Å². The Morgan fingerprint density at radius 2 is 1.81 bits per heavy atom. The molecule has 180 valence electrons. The summed E-state index contributed by atoms with van der Waals surface area (Å²) in [6, 6.07) is 9.22. The molecule has 1 aromatic heterocycles. The van der Waals surface area contributed by atoms with Crippen molar-refractivity contribution in [2.45, 2.75) is 26.4 Å². The molecule has 0 spiro atoms. The molecule has 1 heterocycles. The molecule has 0 saturated carbocycles. The van der Waals surface area contributed by atoms with Gasteiger partial charge in [0.15, 0.2) is 17.3 Å². The molecule has 3 N–H and O–H groups in total. The summed E-state index contributed by atoms with van der Waals surface area (Å²) in [7, 11) is 3.23. The molecule has 0 fully saturated rings. The largest absolute Gasteiger partial charge is 0.493 e. The molecule has 1 unspecified atom stereocenters. The number of anilines is 1. The van der Waals surface area contributed by atoms with E-state index in [1.54, 1.807) is 32.6 Å². The van der Waals surface area contributed by atoms with Crippen molar-refractivity contribution in [3.05, 3.63) is 35.9 Å². The standard InChI is InChI=1S/C21H31N5O4.2ClH/c1-15(2)12-23-24-20-7-8-21(26-25-20)30-14-17(27)13-22-10-9-16-5-6-18(28-3)19(11-16)29-4;;/h5-8,11-12,15,17,22,27H,9-10,13-14H2,1-4H3,(H,24,25);2*1H. The third-order valence-corrected chi connectivity index (χ3v) is 4.03. The van der Waals surface area contributed by atoms with E-state index in [-0.39, 0.29) is 31.4 Å². The predicted octanol–water partition coefficient (Wildman–Crippen LogP) is 2.96. The number of hydrazone groups is 1. The minimum atomic E-state index is -0.661. The van der Waals surface area contributed by atoms with Gasteiger partial charge in [-0.25, -0.2) is 0 Å². The number of benzene rings is 1. The van der Waals surface area contributed by atoms with Crippen molar-refractivity contribution in [3.63, 3.8) is 0 Å². The van der Waals surface area contributed by atoms with Crippen LogP contribution in [0.5, 0.6) is 17.4 Å². The van der Waals surface area contributed by atoms with Crippen molar-refractivity contribution in [2.75, 3.05) is 39.3 Å². The zero-order valence-corrected chi connectivity index (χ0v) is 20.4. The van der Waals surface area contributed by atoms with E-state index in [2.05, 4.69) is 26.0 Å². The van der Waals surface area contributed by atoms with Crippen LogP contribution in [0.2, 0.25) is 0 Å². The number of halogens is 2. The molecule has 0 bridgehead atoms. The Morgan fingerprint density at radius 1 is 1.06 bits per heavy atom. The number of methoxy groups -OCH3 is 2. The number of hydrogen-bond acceptors (Lipinski definition) is 9. The minimum Gasteiger partial charge on any atom is -0.493 e. The molecule has 2 rings (SSSR count). The molecule has 1 atom stereocenters. The van der Waals surface area contributed by atoms with Gasteiger partial charge in [0, 0.05) is 18.8 Å². The molecule has 2 aromatic rings. The molecule has 0 aliphatic rings. The smallest absolute Gasteiger partial charge is 0.233 e. The Balaban J connectivity index is 0.00000480. The van der Waals surface area contributed by atoms with E-state index in [1.165, 1.54) is 0 Å². The van der Waals surface area contributed by atoms with Crippen molar-refractivity contribution >= 4 is 36.8 Å². The summed E-state index contributed by atoms with van der Waals surface area (Å²) in [4.78, 5) is 0. The normalized spacial score (nSPS) is 11.4. The van der Waals surface area contributed by atoms with Gasteiger partial charge in [-0.3, -0.25) is 5.43 Å². The third-order valence-electron chi connectivity index (χ3n) is 4.03. The average molecular weight is 490 g/mol. The van der Waals surface area contributed by atoms with Gasteiger partial charge < -0.3 is 24.6 Å². The molecule has 0 saturated heterocycles. The van der Waals surface area contributed by atoms with Crippen molar-refractivity contribution < 1.29 is 19.3 Å². The maximum Gasteiger partial charge on any atom is 0.233 e. The first-order valence-electron chi connectivity index (χ1n) is 9.87. The quantitative estimate of drug-likeness (QED) is 0.223. The summed E-state index contributed by atoms with van der Waals surface area (Å²) in [6.07, 6.45) is 1.92. The van der Waals surface area contributed by atoms with Crippen LogP contribution in [-0.2, 0) is 6.42 Å². The third kappa shape index (κ3) is 10.8. The summed E-state index contributed by atoms with van der Waals surface area (Å²) in [5, 5.41) is 25.3. The highest BCUT2D eigenvalue weighted by Gasteiger charge is 2.07. The number of aliphatic hydroxyl groups excluding tert-OH is 1. The summed E-state index contributed by atoms with van der Waals surface area (Å²) >= 11 is 0. The molecule has 9 nitrogen and oxygen atoms in total. The monoisotopic (exact) mass is 489 g/mol. The minimum absolute atomic E-state index is 0. The predicted molar refractivity (Wildman–Crippen MR) is 131 cm³/mol. The van der Waals surface area contributed by atoms with Gasteiger partial charge in [0.2, 0.25) is 5.88 Å². The Labute approximate surface area is 201 Å². The molecule has 0 aliphatic heterocycles. The first-order valence-corrected chi connectivity index (χ1v) is 9.87. The van der Waals surface area contributed by atoms with E-state index in [0.717, 1.165) is 12.0 Å². The Bertz CT molecular complexity index is 794. The van der Waals surface area contributed by atoms with Gasteiger partial charge in [0.25, 0.3) is 0 Å². The molecule has 0 aliphatic carbocycles. The lowest BCUT2D eigenvalue weighted by atomic mass is 10.1. The van der Waals surface area contributed by atoms with Gasteiger partial charge in [0.1, 0.15) is 12.7 Å². The maximum absolute atomic E-state index is 10.1. The fraction of sp³-hybridized carbons (Fsp3) is 0.476. The Morgan fingerprint density at radius 3 is 2.44 bits per heavy atom. The number of nitrogens with zero attached hydrogens (tertiary/aromatic N) is 3. The van der Waals surface area contributed by atoms with Gasteiger partial charge in [-0.05, 0) is 42.6 Å². The molecular weight excluding hydrogens is 457 g/mol. The fourth-order valence-electron chi connectivity index (χ4n) is 2.49. The number of ether oxygens (including phenoxy) is 3. The van der Waals surface area contributed by atoms with Gasteiger partial charge in [-0.2, -0.15) is 5.10 Å². The first kappa shape index (κ1) is 29.7.